The Kier molecular flexibility index (Phi) is 3.22. The van der Waals surface area contributed by atoms with Crippen LogP contribution < -0.4 is 15.1 Å². The number of nitrogens with one attached hydrogen (secondary N) is 1. The van der Waals surface area contributed by atoms with Crippen molar-refractivity contribution in [2.24, 2.45) is 0 Å². The van der Waals surface area contributed by atoms with E-state index in [1.165, 1.54) is 0 Å². The van der Waals surface area contributed by atoms with Gasteiger partial charge in [0.2, 0.25) is 0 Å². The molecule has 0 saturated carbocycles. The largest absolute Gasteiger partial charge is 0.367 e. The highest BCUT2D eigenvalue weighted by atomic mass is 16.2. The van der Waals surface area contributed by atoms with Gasteiger partial charge < -0.3 is 15.1 Å². The molecule has 0 bridgehead atoms. The molecule has 1 N–H and O–H groups in total. The summed E-state index contributed by atoms with van der Waals surface area (Å²) >= 11 is 0. The highest BCUT2D eigenvalue weighted by molar-refractivity contribution is 6.11. The van der Waals surface area contributed by atoms with E-state index >= 15 is 0 Å². The number of benzene rings is 1. The third-order valence-electron chi connectivity index (χ3n) is 3.71. The van der Waals surface area contributed by atoms with E-state index < -0.39 is 0 Å². The summed E-state index contributed by atoms with van der Waals surface area (Å²) in [5.41, 5.74) is 2.77. The van der Waals surface area contributed by atoms with E-state index in [0.29, 0.717) is 0 Å². The van der Waals surface area contributed by atoms with Gasteiger partial charge in [0.25, 0.3) is 5.91 Å². The van der Waals surface area contributed by atoms with E-state index in [4.69, 9.17) is 0 Å². The fourth-order valence-electron chi connectivity index (χ4n) is 2.76. The van der Waals surface area contributed by atoms with Crippen molar-refractivity contribution >= 4 is 17.3 Å². The molecule has 0 saturated heterocycles. The second-order valence-electron chi connectivity index (χ2n) is 5.05. The molecular weight excluding hydrogens is 250 g/mol. The molecule has 1 amide bonds. The molecule has 4 nitrogen and oxygen atoms in total. The van der Waals surface area contributed by atoms with Crippen LogP contribution in [0.4, 0.5) is 11.4 Å². The minimum absolute atomic E-state index is 0.0366. The van der Waals surface area contributed by atoms with Crippen molar-refractivity contribution in [1.82, 2.24) is 5.32 Å². The lowest BCUT2D eigenvalue weighted by Crippen LogP contribution is -2.36. The SMILES string of the molecule is CCCN1C2=C(C=CCN2)C(=O)N(C)c2ccccc21. The van der Waals surface area contributed by atoms with Crippen molar-refractivity contribution in [1.29, 1.82) is 0 Å². The molecule has 4 heteroatoms. The molecule has 104 valence electrons. The van der Waals surface area contributed by atoms with Gasteiger partial charge >= 0.3 is 0 Å². The number of para-hydroxylation sites is 2. The number of hydrogen-bond acceptors (Lipinski definition) is 3. The maximum absolute atomic E-state index is 12.6. The van der Waals surface area contributed by atoms with Crippen molar-refractivity contribution in [3.63, 3.8) is 0 Å². The maximum Gasteiger partial charge on any atom is 0.261 e. The zero-order chi connectivity index (χ0) is 14.1. The van der Waals surface area contributed by atoms with E-state index in [2.05, 4.69) is 23.2 Å². The van der Waals surface area contributed by atoms with Crippen LogP contribution >= 0.6 is 0 Å². The minimum Gasteiger partial charge on any atom is -0.367 e. The molecule has 0 spiro atoms. The van der Waals surface area contributed by atoms with Gasteiger partial charge in [-0.1, -0.05) is 25.1 Å². The number of anilines is 2. The van der Waals surface area contributed by atoms with Crippen LogP contribution in [0.1, 0.15) is 13.3 Å². The van der Waals surface area contributed by atoms with Gasteiger partial charge in [-0.05, 0) is 24.6 Å². The Bertz CT molecular complexity index is 603. The van der Waals surface area contributed by atoms with Crippen LogP contribution in [0.25, 0.3) is 0 Å². The van der Waals surface area contributed by atoms with Gasteiger partial charge in [-0.15, -0.1) is 0 Å². The number of likely N-dealkylation sites (N-methyl/N-ethyl adjacent to an activating group) is 1. The number of carbonyl (C=O) groups excluding carboxylic acids is 1. The van der Waals surface area contributed by atoms with E-state index in [0.717, 1.165) is 42.3 Å². The summed E-state index contributed by atoms with van der Waals surface area (Å²) < 4.78 is 0. The second kappa shape index (κ2) is 5.04. The van der Waals surface area contributed by atoms with Gasteiger partial charge in [-0.2, -0.15) is 0 Å². The summed E-state index contributed by atoms with van der Waals surface area (Å²) in [6.45, 7) is 3.80. The summed E-state index contributed by atoms with van der Waals surface area (Å²) in [5.74, 6) is 0.964. The summed E-state index contributed by atoms with van der Waals surface area (Å²) in [6, 6.07) is 8.06. The highest BCUT2D eigenvalue weighted by Gasteiger charge is 2.30. The Morgan fingerprint density at radius 1 is 1.25 bits per heavy atom. The summed E-state index contributed by atoms with van der Waals surface area (Å²) in [4.78, 5) is 16.6. The van der Waals surface area contributed by atoms with Crippen molar-refractivity contribution in [3.05, 3.63) is 47.8 Å². The van der Waals surface area contributed by atoms with Crippen LogP contribution in [0.2, 0.25) is 0 Å². The van der Waals surface area contributed by atoms with E-state index in [1.807, 2.05) is 37.4 Å². The van der Waals surface area contributed by atoms with Gasteiger partial charge in [-0.3, -0.25) is 4.79 Å². The number of hydrogen-bond donors (Lipinski definition) is 1. The van der Waals surface area contributed by atoms with Crippen LogP contribution in [0.5, 0.6) is 0 Å². The zero-order valence-electron chi connectivity index (χ0n) is 11.9. The lowest BCUT2D eigenvalue weighted by molar-refractivity contribution is -0.114. The Labute approximate surface area is 119 Å². The topological polar surface area (TPSA) is 35.6 Å². The molecule has 20 heavy (non-hydrogen) atoms. The lowest BCUT2D eigenvalue weighted by Gasteiger charge is -2.29. The monoisotopic (exact) mass is 269 g/mol. The summed E-state index contributed by atoms with van der Waals surface area (Å²) in [5, 5.41) is 3.36. The second-order valence-corrected chi connectivity index (χ2v) is 5.05. The van der Waals surface area contributed by atoms with Gasteiger partial charge in [0.05, 0.1) is 16.9 Å². The van der Waals surface area contributed by atoms with Crippen LogP contribution in [0, 0.1) is 0 Å². The molecule has 0 unspecified atom stereocenters. The molecular formula is C16H19N3O. The first-order valence-electron chi connectivity index (χ1n) is 7.03. The molecule has 1 aromatic rings. The van der Waals surface area contributed by atoms with Crippen molar-refractivity contribution in [2.75, 3.05) is 29.9 Å². The molecule has 2 aliphatic heterocycles. The lowest BCUT2D eigenvalue weighted by atomic mass is 10.1. The van der Waals surface area contributed by atoms with Crippen molar-refractivity contribution < 1.29 is 4.79 Å². The van der Waals surface area contributed by atoms with Crippen LogP contribution in [0.3, 0.4) is 0 Å². The molecule has 0 radical (unpaired) electrons. The Morgan fingerprint density at radius 2 is 2.00 bits per heavy atom. The number of nitrogens with zero attached hydrogens (tertiary/aromatic N) is 2. The number of rotatable bonds is 2. The van der Waals surface area contributed by atoms with Crippen LogP contribution in [0.15, 0.2) is 47.8 Å². The van der Waals surface area contributed by atoms with E-state index in [9.17, 15) is 4.79 Å². The predicted molar refractivity (Wildman–Crippen MR) is 81.7 cm³/mol. The molecule has 2 aliphatic rings. The minimum atomic E-state index is 0.0366. The van der Waals surface area contributed by atoms with E-state index in [-0.39, 0.29) is 5.91 Å². The number of dihydropyridines is 1. The normalized spacial score (nSPS) is 17.6. The molecule has 2 heterocycles. The first kappa shape index (κ1) is 12.8. The fraction of sp³-hybridized carbons (Fsp3) is 0.312. The smallest absolute Gasteiger partial charge is 0.261 e. The first-order chi connectivity index (χ1) is 9.74. The van der Waals surface area contributed by atoms with Gasteiger partial charge in [-0.25, -0.2) is 0 Å². The molecule has 0 aliphatic carbocycles. The molecule has 3 rings (SSSR count). The van der Waals surface area contributed by atoms with Crippen LogP contribution in [-0.2, 0) is 4.79 Å². The predicted octanol–water partition coefficient (Wildman–Crippen LogP) is 2.25. The average Bonchev–Trinajstić information content (AvgIpc) is 2.58. The van der Waals surface area contributed by atoms with Gasteiger partial charge in [0, 0.05) is 20.1 Å². The van der Waals surface area contributed by atoms with Crippen LogP contribution in [-0.4, -0.2) is 26.0 Å². The third-order valence-corrected chi connectivity index (χ3v) is 3.71. The quantitative estimate of drug-likeness (QED) is 0.894. The number of amides is 1. The third kappa shape index (κ3) is 1.88. The van der Waals surface area contributed by atoms with Crippen molar-refractivity contribution in [3.8, 4) is 0 Å². The van der Waals surface area contributed by atoms with Gasteiger partial charge in [0.15, 0.2) is 0 Å². The number of carbonyl (C=O) groups is 1. The fourth-order valence-corrected chi connectivity index (χ4v) is 2.76. The standard InChI is InChI=1S/C16H19N3O/c1-3-11-19-14-9-5-4-8-13(14)18(2)16(20)12-7-6-10-17-15(12)19/h4-9,17H,3,10-11H2,1-2H3. The molecule has 0 atom stereocenters. The Balaban J connectivity index is 2.21. The summed E-state index contributed by atoms with van der Waals surface area (Å²) in [7, 11) is 1.84. The Morgan fingerprint density at radius 3 is 2.75 bits per heavy atom. The zero-order valence-corrected chi connectivity index (χ0v) is 11.9. The maximum atomic E-state index is 12.6. The van der Waals surface area contributed by atoms with Gasteiger partial charge in [0.1, 0.15) is 5.82 Å². The first-order valence-corrected chi connectivity index (χ1v) is 7.03. The average molecular weight is 269 g/mol. The molecule has 0 fully saturated rings. The summed E-state index contributed by atoms with van der Waals surface area (Å²) in [6.07, 6.45) is 4.94. The number of fused-ring (bicyclic) bond motifs is 1. The van der Waals surface area contributed by atoms with E-state index in [1.54, 1.807) is 4.90 Å². The molecule has 1 aromatic carbocycles. The highest BCUT2D eigenvalue weighted by Crippen LogP contribution is 2.36. The molecule has 0 aromatic heterocycles. The van der Waals surface area contributed by atoms with Crippen molar-refractivity contribution in [2.45, 2.75) is 13.3 Å². The Hall–Kier alpha value is -2.23.